The molecule has 2 aliphatic carbocycles. The summed E-state index contributed by atoms with van der Waals surface area (Å²) in [6.45, 7) is 7.55. The number of halogens is 1. The van der Waals surface area contributed by atoms with Gasteiger partial charge in [-0.1, -0.05) is 32.1 Å². The second kappa shape index (κ2) is 8.34. The average Bonchev–Trinajstić information content (AvgIpc) is 2.65. The zero-order valence-electron chi connectivity index (χ0n) is 16.1. The van der Waals surface area contributed by atoms with Crippen molar-refractivity contribution in [2.45, 2.75) is 69.3 Å². The van der Waals surface area contributed by atoms with Crippen molar-refractivity contribution in [3.05, 3.63) is 0 Å². The van der Waals surface area contributed by atoms with Crippen LogP contribution in [0, 0.1) is 17.8 Å². The van der Waals surface area contributed by atoms with E-state index in [1.807, 2.05) is 0 Å². The number of fused-ring (bicyclic) bond motifs is 1. The van der Waals surface area contributed by atoms with Crippen molar-refractivity contribution < 1.29 is 4.79 Å². The number of nitrogens with zero attached hydrogens (tertiary/aromatic N) is 2. The molecule has 0 spiro atoms. The van der Waals surface area contributed by atoms with E-state index in [4.69, 9.17) is 11.6 Å². The second-order valence-corrected chi connectivity index (χ2v) is 9.56. The van der Waals surface area contributed by atoms with Crippen molar-refractivity contribution in [3.8, 4) is 0 Å². The highest BCUT2D eigenvalue weighted by Crippen LogP contribution is 2.44. The number of piperazine rings is 1. The van der Waals surface area contributed by atoms with Gasteiger partial charge in [-0.25, -0.2) is 5.43 Å². The zero-order valence-corrected chi connectivity index (χ0v) is 16.9. The largest absolute Gasteiger partial charge is 0.300 e. The third-order valence-electron chi connectivity index (χ3n) is 7.52. The Morgan fingerprint density at radius 1 is 1.12 bits per heavy atom. The summed E-state index contributed by atoms with van der Waals surface area (Å²) in [6, 6.07) is 0.549. The second-order valence-electron chi connectivity index (χ2n) is 9.09. The predicted molar refractivity (Wildman–Crippen MR) is 105 cm³/mol. The number of amides is 1. The number of alkyl halides is 1. The van der Waals surface area contributed by atoms with E-state index in [-0.39, 0.29) is 11.9 Å². The maximum Gasteiger partial charge on any atom is 0.253 e. The number of carbonyl (C=O) groups is 1. The molecular weight excluding hydrogens is 348 g/mol. The van der Waals surface area contributed by atoms with Gasteiger partial charge >= 0.3 is 0 Å². The molecule has 0 aromatic carbocycles. The molecule has 6 heteroatoms. The molecule has 5 nitrogen and oxygen atoms in total. The smallest absolute Gasteiger partial charge is 0.253 e. The van der Waals surface area contributed by atoms with Gasteiger partial charge in [0.15, 0.2) is 0 Å². The minimum absolute atomic E-state index is 0.0944. The van der Waals surface area contributed by atoms with E-state index in [1.165, 1.54) is 51.5 Å². The van der Waals surface area contributed by atoms with Gasteiger partial charge in [0.05, 0.1) is 0 Å². The van der Waals surface area contributed by atoms with Crippen LogP contribution >= 0.6 is 11.6 Å². The van der Waals surface area contributed by atoms with E-state index in [2.05, 4.69) is 27.6 Å². The SMILES string of the molecule is C[C@@H]1CN(CC2CCCC3CCCCC32)CCN1C1CNNC(=O)C1Cl. The highest BCUT2D eigenvalue weighted by molar-refractivity contribution is 6.31. The summed E-state index contributed by atoms with van der Waals surface area (Å²) in [5.74, 6) is 2.83. The van der Waals surface area contributed by atoms with Gasteiger partial charge in [0.25, 0.3) is 5.91 Å². The maximum absolute atomic E-state index is 11.9. The summed E-state index contributed by atoms with van der Waals surface area (Å²) >= 11 is 6.39. The van der Waals surface area contributed by atoms with Gasteiger partial charge < -0.3 is 4.90 Å². The zero-order chi connectivity index (χ0) is 18.1. The van der Waals surface area contributed by atoms with Gasteiger partial charge in [0.2, 0.25) is 0 Å². The molecule has 148 valence electrons. The maximum atomic E-state index is 11.9. The molecule has 2 heterocycles. The predicted octanol–water partition coefficient (Wildman–Crippen LogP) is 2.21. The van der Waals surface area contributed by atoms with Crippen LogP contribution in [0.1, 0.15) is 51.9 Å². The number of hydrazine groups is 1. The van der Waals surface area contributed by atoms with Crippen molar-refractivity contribution in [2.24, 2.45) is 17.8 Å². The normalized spacial score (nSPS) is 42.9. The van der Waals surface area contributed by atoms with Crippen molar-refractivity contribution in [2.75, 3.05) is 32.7 Å². The van der Waals surface area contributed by atoms with Crippen LogP contribution in [0.15, 0.2) is 0 Å². The first-order chi connectivity index (χ1) is 12.6. The molecule has 2 N–H and O–H groups in total. The highest BCUT2D eigenvalue weighted by Gasteiger charge is 2.40. The molecule has 0 radical (unpaired) electrons. The van der Waals surface area contributed by atoms with Gasteiger partial charge in [-0.05, 0) is 37.5 Å². The molecule has 4 aliphatic rings. The van der Waals surface area contributed by atoms with E-state index < -0.39 is 5.38 Å². The van der Waals surface area contributed by atoms with Crippen LogP contribution in [0.5, 0.6) is 0 Å². The van der Waals surface area contributed by atoms with E-state index in [1.54, 1.807) is 0 Å². The third kappa shape index (κ3) is 3.91. The van der Waals surface area contributed by atoms with Gasteiger partial charge in [0.1, 0.15) is 5.38 Å². The van der Waals surface area contributed by atoms with Crippen molar-refractivity contribution >= 4 is 17.5 Å². The topological polar surface area (TPSA) is 47.6 Å². The Morgan fingerprint density at radius 3 is 2.77 bits per heavy atom. The number of nitrogens with one attached hydrogen (secondary N) is 2. The summed E-state index contributed by atoms with van der Waals surface area (Å²) in [4.78, 5) is 17.0. The van der Waals surface area contributed by atoms with Crippen LogP contribution in [0.25, 0.3) is 0 Å². The highest BCUT2D eigenvalue weighted by atomic mass is 35.5. The summed E-state index contributed by atoms with van der Waals surface area (Å²) in [5.41, 5.74) is 5.65. The van der Waals surface area contributed by atoms with Gasteiger partial charge in [-0.2, -0.15) is 0 Å². The Morgan fingerprint density at radius 2 is 1.92 bits per heavy atom. The number of hydrogen-bond acceptors (Lipinski definition) is 4. The standard InChI is InChI=1S/C20H35ClN4O/c1-14-12-24(9-10-25(14)18-11-22-23-20(26)19(18)21)13-16-7-4-6-15-5-2-3-8-17(15)16/h14-19,22H,2-13H2,1H3,(H,23,26)/t14-,15?,16?,17?,18?,19?/m1/s1. The van der Waals surface area contributed by atoms with E-state index in [9.17, 15) is 4.79 Å². The minimum Gasteiger partial charge on any atom is -0.300 e. The summed E-state index contributed by atoms with van der Waals surface area (Å²) in [6.07, 6.45) is 10.2. The van der Waals surface area contributed by atoms with Crippen LogP contribution in [0.3, 0.4) is 0 Å². The first kappa shape index (κ1) is 19.0. The quantitative estimate of drug-likeness (QED) is 0.735. The molecule has 2 aliphatic heterocycles. The fraction of sp³-hybridized carbons (Fsp3) is 0.950. The molecule has 4 fully saturated rings. The number of hydrogen-bond donors (Lipinski definition) is 2. The lowest BCUT2D eigenvalue weighted by molar-refractivity contribution is -0.125. The van der Waals surface area contributed by atoms with Crippen LogP contribution in [0.4, 0.5) is 0 Å². The Bertz CT molecular complexity index is 502. The summed E-state index contributed by atoms with van der Waals surface area (Å²) < 4.78 is 0. The minimum atomic E-state index is -0.452. The van der Waals surface area contributed by atoms with Crippen molar-refractivity contribution in [3.63, 3.8) is 0 Å². The Hall–Kier alpha value is -0.360. The molecule has 4 rings (SSSR count). The van der Waals surface area contributed by atoms with E-state index in [0.717, 1.165) is 43.9 Å². The molecule has 0 bridgehead atoms. The van der Waals surface area contributed by atoms with Crippen LogP contribution < -0.4 is 10.9 Å². The lowest BCUT2D eigenvalue weighted by Gasteiger charge is -2.48. The number of rotatable bonds is 3. The molecule has 1 amide bonds. The Labute approximate surface area is 163 Å². The van der Waals surface area contributed by atoms with Gasteiger partial charge in [-0.3, -0.25) is 15.1 Å². The fourth-order valence-corrected chi connectivity index (χ4v) is 6.50. The third-order valence-corrected chi connectivity index (χ3v) is 8.01. The fourth-order valence-electron chi connectivity index (χ4n) is 6.21. The molecule has 0 aromatic heterocycles. The molecular formula is C20H35ClN4O. The molecule has 0 aromatic rings. The monoisotopic (exact) mass is 382 g/mol. The average molecular weight is 383 g/mol. The first-order valence-electron chi connectivity index (χ1n) is 10.8. The van der Waals surface area contributed by atoms with E-state index >= 15 is 0 Å². The first-order valence-corrected chi connectivity index (χ1v) is 11.2. The Balaban J connectivity index is 1.33. The van der Waals surface area contributed by atoms with Gasteiger partial charge in [0, 0.05) is 44.8 Å². The molecule has 2 saturated carbocycles. The molecule has 2 saturated heterocycles. The van der Waals surface area contributed by atoms with Crippen molar-refractivity contribution in [1.82, 2.24) is 20.7 Å². The van der Waals surface area contributed by atoms with Crippen LogP contribution in [-0.4, -0.2) is 65.9 Å². The molecule has 5 unspecified atom stereocenters. The molecule has 6 atom stereocenters. The summed E-state index contributed by atoms with van der Waals surface area (Å²) in [7, 11) is 0. The Kier molecular flexibility index (Phi) is 6.09. The lowest BCUT2D eigenvalue weighted by Crippen LogP contribution is -2.66. The number of carbonyl (C=O) groups excluding carboxylic acids is 1. The summed E-state index contributed by atoms with van der Waals surface area (Å²) in [5, 5.41) is -0.452. The van der Waals surface area contributed by atoms with Crippen LogP contribution in [-0.2, 0) is 4.79 Å². The van der Waals surface area contributed by atoms with Crippen LogP contribution in [0.2, 0.25) is 0 Å². The van der Waals surface area contributed by atoms with E-state index in [0.29, 0.717) is 6.04 Å². The van der Waals surface area contributed by atoms with Gasteiger partial charge in [-0.15, -0.1) is 11.6 Å². The lowest BCUT2D eigenvalue weighted by atomic mass is 9.65. The van der Waals surface area contributed by atoms with Crippen molar-refractivity contribution in [1.29, 1.82) is 0 Å². The molecule has 26 heavy (non-hydrogen) atoms.